The lowest BCUT2D eigenvalue weighted by molar-refractivity contribution is 0.562. The topological polar surface area (TPSA) is 52.0 Å². The van der Waals surface area contributed by atoms with Gasteiger partial charge in [-0.2, -0.15) is 0 Å². The maximum absolute atomic E-state index is 5.13. The van der Waals surface area contributed by atoms with Gasteiger partial charge in [-0.1, -0.05) is 0 Å². The maximum atomic E-state index is 5.13. The molecule has 40 valence electrons. The van der Waals surface area contributed by atoms with E-state index in [9.17, 15) is 0 Å². The lowest BCUT2D eigenvalue weighted by Crippen LogP contribution is -1.75. The van der Waals surface area contributed by atoms with Gasteiger partial charge in [-0.05, 0) is 5.92 Å². The summed E-state index contributed by atoms with van der Waals surface area (Å²) in [5, 5.41) is 0. The van der Waals surface area contributed by atoms with Crippen molar-refractivity contribution in [3.63, 3.8) is 0 Å². The molecule has 3 heteroatoms. The number of nitrogens with zero attached hydrogens (tertiary/aromatic N) is 1. The highest BCUT2D eigenvalue weighted by molar-refractivity contribution is 5.23. The third-order valence-corrected chi connectivity index (χ3v) is 0.647. The Labute approximate surface area is 46.5 Å². The van der Waals surface area contributed by atoms with E-state index in [0.29, 0.717) is 0 Å². The van der Waals surface area contributed by atoms with Gasteiger partial charge in [-0.3, -0.25) is 0 Å². The molecule has 0 aromatic carbocycles. The summed E-state index contributed by atoms with van der Waals surface area (Å²) in [6.45, 7) is 0. The second-order valence-corrected chi connectivity index (χ2v) is 1.21. The van der Waals surface area contributed by atoms with E-state index in [4.69, 9.17) is 12.2 Å². The number of terminal acetylenes is 1. The molecule has 0 fully saturated rings. The Morgan fingerprint density at radius 1 is 1.88 bits per heavy atom. The number of nitrogens with two attached hydrogens (primary N) is 1. The van der Waals surface area contributed by atoms with Gasteiger partial charge in [0.05, 0.1) is 6.20 Å². The van der Waals surface area contributed by atoms with Crippen molar-refractivity contribution in [1.82, 2.24) is 4.98 Å². The molecule has 0 aliphatic carbocycles. The Balaban J connectivity index is 3.05. The van der Waals surface area contributed by atoms with Crippen LogP contribution in [0, 0.1) is 12.3 Å². The molecule has 1 rings (SSSR count). The number of hydrogen-bond acceptors (Lipinski definition) is 3. The molecule has 2 N–H and O–H groups in total. The highest BCUT2D eigenvalue weighted by atomic mass is 16.4. The summed E-state index contributed by atoms with van der Waals surface area (Å²) in [5.41, 5.74) is 5.13. The summed E-state index contributed by atoms with van der Waals surface area (Å²) in [6, 6.07) is 0. The summed E-state index contributed by atoms with van der Waals surface area (Å²) in [7, 11) is 0. The zero-order chi connectivity index (χ0) is 5.98. The van der Waals surface area contributed by atoms with E-state index in [1.807, 2.05) is 0 Å². The van der Waals surface area contributed by atoms with Crippen molar-refractivity contribution in [2.75, 3.05) is 5.73 Å². The van der Waals surface area contributed by atoms with E-state index in [1.165, 1.54) is 6.20 Å². The van der Waals surface area contributed by atoms with Crippen molar-refractivity contribution < 1.29 is 4.42 Å². The Bertz CT molecular complexity index is 221. The van der Waals surface area contributed by atoms with Crippen LogP contribution in [-0.4, -0.2) is 4.98 Å². The van der Waals surface area contributed by atoms with E-state index >= 15 is 0 Å². The summed E-state index contributed by atoms with van der Waals surface area (Å²) >= 11 is 0. The van der Waals surface area contributed by atoms with E-state index < -0.39 is 0 Å². The van der Waals surface area contributed by atoms with Crippen LogP contribution in [0.5, 0.6) is 0 Å². The summed E-state index contributed by atoms with van der Waals surface area (Å²) in [4.78, 5) is 3.61. The summed E-state index contributed by atoms with van der Waals surface area (Å²) < 4.78 is 4.66. The molecule has 0 aliphatic rings. The van der Waals surface area contributed by atoms with Gasteiger partial charge < -0.3 is 10.2 Å². The van der Waals surface area contributed by atoms with Crippen LogP contribution in [0.1, 0.15) is 5.89 Å². The molecule has 0 amide bonds. The SMILES string of the molecule is C#Cc1ncc(N)o1. The van der Waals surface area contributed by atoms with Crippen molar-refractivity contribution in [2.45, 2.75) is 0 Å². The maximum Gasteiger partial charge on any atom is 0.274 e. The molecule has 1 aromatic rings. The molecular formula is C5H4N2O. The summed E-state index contributed by atoms with van der Waals surface area (Å²) in [6.07, 6.45) is 6.27. The van der Waals surface area contributed by atoms with Crippen LogP contribution < -0.4 is 5.73 Å². The molecule has 1 heterocycles. The first kappa shape index (κ1) is 4.72. The zero-order valence-corrected chi connectivity index (χ0v) is 4.09. The first-order chi connectivity index (χ1) is 3.83. The molecule has 0 saturated heterocycles. The van der Waals surface area contributed by atoms with Gasteiger partial charge in [0.2, 0.25) is 5.88 Å². The van der Waals surface area contributed by atoms with Crippen LogP contribution in [0.3, 0.4) is 0 Å². The smallest absolute Gasteiger partial charge is 0.274 e. The molecule has 0 unspecified atom stereocenters. The van der Waals surface area contributed by atoms with E-state index in [-0.39, 0.29) is 11.8 Å². The molecule has 1 aromatic heterocycles. The molecule has 0 saturated carbocycles. The molecule has 0 radical (unpaired) electrons. The zero-order valence-electron chi connectivity index (χ0n) is 4.09. The second kappa shape index (κ2) is 1.58. The van der Waals surface area contributed by atoms with Crippen molar-refractivity contribution in [2.24, 2.45) is 0 Å². The molecule has 0 spiro atoms. The highest BCUT2D eigenvalue weighted by Gasteiger charge is 1.91. The number of aromatic nitrogens is 1. The molecule has 0 bridgehead atoms. The fourth-order valence-electron chi connectivity index (χ4n) is 0.353. The van der Waals surface area contributed by atoms with Crippen LogP contribution in [-0.2, 0) is 0 Å². The fraction of sp³-hybridized carbons (Fsp3) is 0. The monoisotopic (exact) mass is 108 g/mol. The minimum absolute atomic E-state index is 0.225. The molecule has 3 nitrogen and oxygen atoms in total. The number of rotatable bonds is 0. The summed E-state index contributed by atoms with van der Waals surface area (Å²) in [5.74, 6) is 2.66. The van der Waals surface area contributed by atoms with E-state index in [0.717, 1.165) is 0 Å². The Hall–Kier alpha value is -1.43. The number of nitrogen functional groups attached to an aromatic ring is 1. The quantitative estimate of drug-likeness (QED) is 0.484. The predicted molar refractivity (Wildman–Crippen MR) is 28.9 cm³/mol. The highest BCUT2D eigenvalue weighted by Crippen LogP contribution is 2.01. The number of oxazole rings is 1. The molecule has 0 atom stereocenters. The number of hydrogen-bond donors (Lipinski definition) is 1. The van der Waals surface area contributed by atoms with Crippen molar-refractivity contribution in [3.8, 4) is 12.3 Å². The predicted octanol–water partition coefficient (Wildman–Crippen LogP) is 0.238. The van der Waals surface area contributed by atoms with Crippen LogP contribution in [0.2, 0.25) is 0 Å². The van der Waals surface area contributed by atoms with E-state index in [1.54, 1.807) is 0 Å². The van der Waals surface area contributed by atoms with Crippen LogP contribution in [0.4, 0.5) is 5.88 Å². The van der Waals surface area contributed by atoms with Crippen LogP contribution in [0.15, 0.2) is 10.6 Å². The first-order valence-corrected chi connectivity index (χ1v) is 2.01. The van der Waals surface area contributed by atoms with Crippen molar-refractivity contribution >= 4 is 5.88 Å². The van der Waals surface area contributed by atoms with Gasteiger partial charge in [-0.15, -0.1) is 6.42 Å². The fourth-order valence-corrected chi connectivity index (χ4v) is 0.353. The van der Waals surface area contributed by atoms with Crippen LogP contribution in [0.25, 0.3) is 0 Å². The van der Waals surface area contributed by atoms with Crippen molar-refractivity contribution in [3.05, 3.63) is 12.1 Å². The second-order valence-electron chi connectivity index (χ2n) is 1.21. The lowest BCUT2D eigenvalue weighted by atomic mass is 10.7. The molecular weight excluding hydrogens is 104 g/mol. The van der Waals surface area contributed by atoms with Crippen LogP contribution >= 0.6 is 0 Å². The van der Waals surface area contributed by atoms with Crippen molar-refractivity contribution in [1.29, 1.82) is 0 Å². The number of anilines is 1. The van der Waals surface area contributed by atoms with E-state index in [2.05, 4.69) is 15.3 Å². The molecule has 8 heavy (non-hydrogen) atoms. The lowest BCUT2D eigenvalue weighted by Gasteiger charge is -1.73. The van der Waals surface area contributed by atoms with Gasteiger partial charge in [0.1, 0.15) is 0 Å². The Kier molecular flexibility index (Phi) is 0.935. The third kappa shape index (κ3) is 0.636. The minimum atomic E-state index is 0.225. The van der Waals surface area contributed by atoms with Gasteiger partial charge in [0.15, 0.2) is 0 Å². The van der Waals surface area contributed by atoms with Gasteiger partial charge in [0.25, 0.3) is 5.89 Å². The Morgan fingerprint density at radius 3 is 2.88 bits per heavy atom. The first-order valence-electron chi connectivity index (χ1n) is 2.01. The average Bonchev–Trinajstić information content (AvgIpc) is 2.14. The Morgan fingerprint density at radius 2 is 2.62 bits per heavy atom. The molecule has 0 aliphatic heterocycles. The normalized spacial score (nSPS) is 8.38. The largest absolute Gasteiger partial charge is 0.414 e. The standard InChI is InChI=1S/C5H4N2O/c1-2-5-7-3-4(6)8-5/h1,3H,6H2. The van der Waals surface area contributed by atoms with Gasteiger partial charge >= 0.3 is 0 Å². The van der Waals surface area contributed by atoms with Gasteiger partial charge in [0, 0.05) is 0 Å². The third-order valence-electron chi connectivity index (χ3n) is 0.647. The van der Waals surface area contributed by atoms with Gasteiger partial charge in [-0.25, -0.2) is 4.98 Å². The average molecular weight is 108 g/mol. The minimum Gasteiger partial charge on any atom is -0.414 e.